The first-order valence-electron chi connectivity index (χ1n) is 19.4. The molecule has 0 N–H and O–H groups in total. The zero-order chi connectivity index (χ0) is 41.2. The fourth-order valence-electron chi connectivity index (χ4n) is 7.93. The molecule has 0 radical (unpaired) electrons. The Morgan fingerprint density at radius 1 is 0.914 bits per heavy atom. The van der Waals surface area contributed by atoms with E-state index in [1.807, 2.05) is 81.4 Å². The Morgan fingerprint density at radius 2 is 1.57 bits per heavy atom. The van der Waals surface area contributed by atoms with Gasteiger partial charge < -0.3 is 23.1 Å². The van der Waals surface area contributed by atoms with Gasteiger partial charge in [-0.25, -0.2) is 18.7 Å². The summed E-state index contributed by atoms with van der Waals surface area (Å²) in [6.45, 7) is 9.97. The Morgan fingerprint density at radius 3 is 2.16 bits per heavy atom. The van der Waals surface area contributed by atoms with Crippen molar-refractivity contribution in [1.82, 2.24) is 14.1 Å². The molecular weight excluding hydrogens is 758 g/mol. The van der Waals surface area contributed by atoms with Crippen molar-refractivity contribution in [1.29, 1.82) is 0 Å². The number of benzene rings is 4. The zero-order valence-electron chi connectivity index (χ0n) is 33.6. The van der Waals surface area contributed by atoms with Gasteiger partial charge in [0.1, 0.15) is 29.5 Å². The summed E-state index contributed by atoms with van der Waals surface area (Å²) >= 11 is 0. The molecule has 2 aromatic heterocycles. The van der Waals surface area contributed by atoms with E-state index in [0.29, 0.717) is 42.9 Å². The first-order chi connectivity index (χ1) is 27.8. The monoisotopic (exact) mass is 805 g/mol. The van der Waals surface area contributed by atoms with Crippen molar-refractivity contribution in [2.45, 2.75) is 76.8 Å². The van der Waals surface area contributed by atoms with Crippen molar-refractivity contribution >= 4 is 35.6 Å². The van der Waals surface area contributed by atoms with E-state index in [0.717, 1.165) is 14.9 Å². The van der Waals surface area contributed by atoms with Gasteiger partial charge in [-0.15, -0.1) is 0 Å². The van der Waals surface area contributed by atoms with Crippen LogP contribution in [-0.4, -0.2) is 54.8 Å². The van der Waals surface area contributed by atoms with Gasteiger partial charge in [-0.05, 0) is 78.5 Å². The van der Waals surface area contributed by atoms with Gasteiger partial charge >= 0.3 is 20.0 Å². The quantitative estimate of drug-likeness (QED) is 0.124. The van der Waals surface area contributed by atoms with Gasteiger partial charge in [-0.3, -0.25) is 14.2 Å². The van der Waals surface area contributed by atoms with E-state index >= 15 is 9.59 Å². The smallest absolute Gasteiger partial charge is 0.332 e. The molecule has 1 saturated heterocycles. The first kappa shape index (κ1) is 40.6. The second-order valence-corrected chi connectivity index (χ2v) is 20.3. The SMILES string of the molecule is COc1ccc(F)cc1[C@H](Cn1c(=O)n(C(C)(C)C(=O)O[Si](c2ccccc2)(c2ccccc2)C(C)(C)C)c(=O)c2cc(-c3ncco3)ccc21)OC1CCOCC1. The minimum Gasteiger partial charge on any atom is -0.508 e. The van der Waals surface area contributed by atoms with Crippen LogP contribution in [0.1, 0.15) is 59.1 Å². The summed E-state index contributed by atoms with van der Waals surface area (Å²) in [6.07, 6.45) is 2.90. The van der Waals surface area contributed by atoms with E-state index in [9.17, 15) is 9.18 Å². The minimum atomic E-state index is -3.49. The van der Waals surface area contributed by atoms with Gasteiger partial charge in [-0.2, -0.15) is 0 Å². The number of fused-ring (bicyclic) bond motifs is 1. The number of hydrogen-bond donors (Lipinski definition) is 0. The maximum Gasteiger partial charge on any atom is 0.332 e. The van der Waals surface area contributed by atoms with Crippen LogP contribution in [0, 0.1) is 5.82 Å². The molecule has 6 aromatic rings. The molecule has 302 valence electrons. The highest BCUT2D eigenvalue weighted by Gasteiger charge is 2.55. The standard InChI is InChI=1S/C45H48FN3O8Si/c1-44(2,3)58(33-13-9-7-10-14-33,34-15-11-8-12-16-34)57-42(51)45(4,5)49-41(50)35-27-30(40-47-23-26-55-40)17-19-37(35)48(43(49)52)29-39(56-32-21-24-54-25-22-32)36-28-31(46)18-20-38(36)53-6/h7-20,23,26-28,32,39H,21-22,24-25,29H2,1-6H3/t39-/m0/s1. The highest BCUT2D eigenvalue weighted by Crippen LogP contribution is 2.38. The van der Waals surface area contributed by atoms with Crippen LogP contribution in [-0.2, 0) is 30.8 Å². The molecule has 1 atom stereocenters. The fraction of sp³-hybridized carbons (Fsp3) is 0.333. The summed E-state index contributed by atoms with van der Waals surface area (Å²) in [5, 5.41) is 1.25. The van der Waals surface area contributed by atoms with E-state index in [1.165, 1.54) is 56.2 Å². The highest BCUT2D eigenvalue weighted by molar-refractivity contribution is 7.00. The molecule has 1 aliphatic rings. The Hall–Kier alpha value is -5.63. The Labute approximate surface area is 337 Å². The number of halogens is 1. The number of rotatable bonds is 12. The normalized spacial score (nSPS) is 14.7. The number of nitrogens with zero attached hydrogens (tertiary/aromatic N) is 3. The number of hydrogen-bond acceptors (Lipinski definition) is 9. The van der Waals surface area contributed by atoms with E-state index in [1.54, 1.807) is 18.2 Å². The number of aromatic nitrogens is 3. The maximum absolute atomic E-state index is 15.2. The number of carbonyl (C=O) groups is 1. The van der Waals surface area contributed by atoms with E-state index in [4.69, 9.17) is 23.1 Å². The fourth-order valence-corrected chi connectivity index (χ4v) is 12.4. The molecule has 1 aliphatic heterocycles. The lowest BCUT2D eigenvalue weighted by Crippen LogP contribution is -2.69. The van der Waals surface area contributed by atoms with E-state index in [2.05, 4.69) is 4.98 Å². The van der Waals surface area contributed by atoms with Crippen molar-refractivity contribution in [3.05, 3.63) is 142 Å². The van der Waals surface area contributed by atoms with Crippen molar-refractivity contribution in [3.63, 3.8) is 0 Å². The third kappa shape index (κ3) is 7.57. The lowest BCUT2D eigenvalue weighted by molar-refractivity contribution is -0.144. The summed E-state index contributed by atoms with van der Waals surface area (Å²) in [7, 11) is -2.01. The van der Waals surface area contributed by atoms with Crippen LogP contribution in [0.25, 0.3) is 22.4 Å². The predicted octanol–water partition coefficient (Wildman–Crippen LogP) is 6.74. The van der Waals surface area contributed by atoms with Crippen molar-refractivity contribution in [2.24, 2.45) is 0 Å². The van der Waals surface area contributed by atoms with Crippen LogP contribution in [0.2, 0.25) is 5.04 Å². The number of carbonyl (C=O) groups excluding carboxylic acids is 1. The van der Waals surface area contributed by atoms with Gasteiger partial charge in [-0.1, -0.05) is 81.4 Å². The minimum absolute atomic E-state index is 0.123. The Kier molecular flexibility index (Phi) is 11.4. The summed E-state index contributed by atoms with van der Waals surface area (Å²) in [4.78, 5) is 49.4. The molecule has 7 rings (SSSR count). The predicted molar refractivity (Wildman–Crippen MR) is 222 cm³/mol. The molecule has 0 unspecified atom stereocenters. The molecule has 0 saturated carbocycles. The molecular formula is C45H48FN3O8Si. The van der Waals surface area contributed by atoms with Gasteiger partial charge in [0.15, 0.2) is 0 Å². The van der Waals surface area contributed by atoms with Crippen LogP contribution in [0.3, 0.4) is 0 Å². The number of methoxy groups -OCH3 is 1. The van der Waals surface area contributed by atoms with Crippen LogP contribution in [0.4, 0.5) is 4.39 Å². The Balaban J connectivity index is 1.43. The van der Waals surface area contributed by atoms with Gasteiger partial charge in [0.25, 0.3) is 5.56 Å². The van der Waals surface area contributed by atoms with Crippen molar-refractivity contribution in [2.75, 3.05) is 20.3 Å². The van der Waals surface area contributed by atoms with Crippen LogP contribution in [0.5, 0.6) is 5.75 Å². The summed E-state index contributed by atoms with van der Waals surface area (Å²) in [5.41, 5.74) is -2.19. The maximum atomic E-state index is 15.2. The molecule has 4 aromatic carbocycles. The van der Waals surface area contributed by atoms with Crippen LogP contribution in [0.15, 0.2) is 124 Å². The van der Waals surface area contributed by atoms with E-state index in [-0.39, 0.29) is 29.4 Å². The topological polar surface area (TPSA) is 124 Å². The average Bonchev–Trinajstić information content (AvgIpc) is 3.77. The molecule has 0 aliphatic carbocycles. The summed E-state index contributed by atoms with van der Waals surface area (Å²) in [6, 6.07) is 28.4. The molecule has 0 bridgehead atoms. The molecule has 0 spiro atoms. The zero-order valence-corrected chi connectivity index (χ0v) is 34.6. The second kappa shape index (κ2) is 16.3. The third-order valence-electron chi connectivity index (χ3n) is 11.0. The van der Waals surface area contributed by atoms with Crippen LogP contribution < -0.4 is 26.4 Å². The molecule has 3 heterocycles. The van der Waals surface area contributed by atoms with Crippen molar-refractivity contribution in [3.8, 4) is 17.2 Å². The highest BCUT2D eigenvalue weighted by atomic mass is 28.4. The second-order valence-electron chi connectivity index (χ2n) is 16.0. The number of oxazole rings is 1. The first-order valence-corrected chi connectivity index (χ1v) is 21.3. The van der Waals surface area contributed by atoms with Crippen molar-refractivity contribution < 1.29 is 32.2 Å². The van der Waals surface area contributed by atoms with Gasteiger partial charge in [0, 0.05) is 24.3 Å². The average molecular weight is 806 g/mol. The largest absolute Gasteiger partial charge is 0.508 e. The number of ether oxygens (including phenoxy) is 3. The third-order valence-corrected chi connectivity index (χ3v) is 15.9. The molecule has 11 nitrogen and oxygen atoms in total. The molecule has 0 amide bonds. The molecule has 13 heteroatoms. The van der Waals surface area contributed by atoms with Gasteiger partial charge in [0.2, 0.25) is 5.89 Å². The lowest BCUT2D eigenvalue weighted by atomic mass is 10.0. The molecule has 58 heavy (non-hydrogen) atoms. The Bertz CT molecular complexity index is 2470. The lowest BCUT2D eigenvalue weighted by Gasteiger charge is -2.43. The van der Waals surface area contributed by atoms with E-state index < -0.39 is 48.0 Å². The van der Waals surface area contributed by atoms with Gasteiger partial charge in [0.05, 0.1) is 36.9 Å². The summed E-state index contributed by atoms with van der Waals surface area (Å²) in [5.74, 6) is -0.635. The molecule has 1 fully saturated rings. The summed E-state index contributed by atoms with van der Waals surface area (Å²) < 4.78 is 47.8. The van der Waals surface area contributed by atoms with Crippen LogP contribution >= 0.6 is 0 Å².